The van der Waals surface area contributed by atoms with Gasteiger partial charge in [0.25, 0.3) is 0 Å². The maximum atomic E-state index is 11.0. The fraction of sp³-hybridized carbons (Fsp3) is 0.889. The highest BCUT2D eigenvalue weighted by Gasteiger charge is 2.28. The number of nitrogens with one attached hydrogen (secondary N) is 2. The molecule has 0 aromatic heterocycles. The first-order chi connectivity index (χ1) is 6.65. The van der Waals surface area contributed by atoms with Gasteiger partial charge in [0.15, 0.2) is 0 Å². The smallest absolute Gasteiger partial charge is 0.221 e. The molecule has 1 aliphatic heterocycles. The molecule has 1 heterocycles. The van der Waals surface area contributed by atoms with Crippen LogP contribution >= 0.6 is 0 Å². The van der Waals surface area contributed by atoms with Crippen LogP contribution in [0.4, 0.5) is 0 Å². The fourth-order valence-corrected chi connectivity index (χ4v) is 1.67. The number of carbonyl (C=O) groups is 1. The molecule has 5 heteroatoms. The summed E-state index contributed by atoms with van der Waals surface area (Å²) in [6.45, 7) is 2.13. The minimum atomic E-state index is -0.315. The second-order valence-corrected chi connectivity index (χ2v) is 3.70. The third-order valence-electron chi connectivity index (χ3n) is 2.69. The van der Waals surface area contributed by atoms with E-state index in [9.17, 15) is 9.90 Å². The van der Waals surface area contributed by atoms with Crippen LogP contribution in [0.5, 0.6) is 0 Å². The number of carbonyl (C=O) groups excluding carboxylic acids is 1. The summed E-state index contributed by atoms with van der Waals surface area (Å²) in [5.41, 5.74) is 0. The van der Waals surface area contributed by atoms with E-state index in [1.165, 1.54) is 0 Å². The normalized spacial score (nSPS) is 26.9. The Morgan fingerprint density at radius 2 is 2.36 bits per heavy atom. The van der Waals surface area contributed by atoms with Gasteiger partial charge in [-0.1, -0.05) is 0 Å². The van der Waals surface area contributed by atoms with Gasteiger partial charge in [-0.2, -0.15) is 0 Å². The van der Waals surface area contributed by atoms with E-state index in [0.29, 0.717) is 19.5 Å². The summed E-state index contributed by atoms with van der Waals surface area (Å²) >= 11 is 0. The van der Waals surface area contributed by atoms with Crippen molar-refractivity contribution in [3.05, 3.63) is 0 Å². The molecule has 0 saturated carbocycles. The summed E-state index contributed by atoms with van der Waals surface area (Å²) in [6, 6.07) is 0.139. The summed E-state index contributed by atoms with van der Waals surface area (Å²) in [5, 5.41) is 15.3. The lowest BCUT2D eigenvalue weighted by atomic mass is 10.2. The third-order valence-corrected chi connectivity index (χ3v) is 2.69. The molecule has 1 saturated heterocycles. The molecule has 82 valence electrons. The second-order valence-electron chi connectivity index (χ2n) is 3.70. The Bertz CT molecular complexity index is 198. The molecule has 0 spiro atoms. The molecule has 1 aliphatic rings. The standard InChI is InChI=1S/C9H19N3O2/c1-10-9(14)3-4-12(2)7-5-11-6-8(7)13/h7-8,11,13H,3-6H2,1-2H3,(H,10,14). The van der Waals surface area contributed by atoms with E-state index >= 15 is 0 Å². The first-order valence-electron chi connectivity index (χ1n) is 4.94. The molecular weight excluding hydrogens is 182 g/mol. The molecule has 2 atom stereocenters. The molecule has 5 nitrogen and oxygen atoms in total. The molecular formula is C9H19N3O2. The summed E-state index contributed by atoms with van der Waals surface area (Å²) in [6.07, 6.45) is 0.167. The zero-order valence-electron chi connectivity index (χ0n) is 8.79. The van der Waals surface area contributed by atoms with E-state index < -0.39 is 0 Å². The van der Waals surface area contributed by atoms with Crippen molar-refractivity contribution in [3.8, 4) is 0 Å². The Morgan fingerprint density at radius 1 is 1.64 bits per heavy atom. The van der Waals surface area contributed by atoms with Crippen LogP contribution in [-0.4, -0.2) is 61.8 Å². The zero-order valence-corrected chi connectivity index (χ0v) is 8.79. The topological polar surface area (TPSA) is 64.6 Å². The molecule has 14 heavy (non-hydrogen) atoms. The van der Waals surface area contributed by atoms with Crippen LogP contribution in [-0.2, 0) is 4.79 Å². The predicted molar refractivity (Wildman–Crippen MR) is 54.0 cm³/mol. The predicted octanol–water partition coefficient (Wildman–Crippen LogP) is -1.61. The van der Waals surface area contributed by atoms with E-state index in [4.69, 9.17) is 0 Å². The van der Waals surface area contributed by atoms with Crippen molar-refractivity contribution in [3.63, 3.8) is 0 Å². The molecule has 0 aliphatic carbocycles. The number of rotatable bonds is 4. The van der Waals surface area contributed by atoms with Gasteiger partial charge in [-0.25, -0.2) is 0 Å². The Labute approximate surface area is 84.5 Å². The van der Waals surface area contributed by atoms with E-state index in [1.54, 1.807) is 7.05 Å². The average molecular weight is 201 g/mol. The molecule has 0 aromatic rings. The van der Waals surface area contributed by atoms with Crippen LogP contribution in [0.1, 0.15) is 6.42 Å². The minimum Gasteiger partial charge on any atom is -0.390 e. The number of hydrogen-bond acceptors (Lipinski definition) is 4. The molecule has 2 unspecified atom stereocenters. The van der Waals surface area contributed by atoms with Gasteiger partial charge < -0.3 is 15.7 Å². The molecule has 0 bridgehead atoms. The highest BCUT2D eigenvalue weighted by Crippen LogP contribution is 2.07. The van der Waals surface area contributed by atoms with Crippen molar-refractivity contribution in [1.29, 1.82) is 0 Å². The third kappa shape index (κ3) is 2.94. The lowest BCUT2D eigenvalue weighted by Gasteiger charge is -2.25. The number of β-amino-alcohol motifs (C(OH)–C–C–N with tert-alkyl or cyclic N) is 1. The van der Waals surface area contributed by atoms with Gasteiger partial charge in [0, 0.05) is 39.1 Å². The number of likely N-dealkylation sites (N-methyl/N-ethyl adjacent to an activating group) is 1. The van der Waals surface area contributed by atoms with Crippen LogP contribution in [0.25, 0.3) is 0 Å². The molecule has 1 rings (SSSR count). The second kappa shape index (κ2) is 5.29. The zero-order chi connectivity index (χ0) is 10.6. The number of hydrogen-bond donors (Lipinski definition) is 3. The molecule has 3 N–H and O–H groups in total. The molecule has 0 radical (unpaired) electrons. The quantitative estimate of drug-likeness (QED) is 0.512. The molecule has 0 aromatic carbocycles. The highest BCUT2D eigenvalue weighted by atomic mass is 16.3. The van der Waals surface area contributed by atoms with E-state index in [2.05, 4.69) is 10.6 Å². The Balaban J connectivity index is 2.27. The number of nitrogens with zero attached hydrogens (tertiary/aromatic N) is 1. The number of amides is 1. The Kier molecular flexibility index (Phi) is 4.31. The largest absolute Gasteiger partial charge is 0.390 e. The lowest BCUT2D eigenvalue weighted by molar-refractivity contribution is -0.121. The number of aliphatic hydroxyl groups excluding tert-OH is 1. The van der Waals surface area contributed by atoms with Gasteiger partial charge in [0.05, 0.1) is 6.10 Å². The highest BCUT2D eigenvalue weighted by molar-refractivity contribution is 5.75. The van der Waals surface area contributed by atoms with Crippen LogP contribution in [0.15, 0.2) is 0 Å². The average Bonchev–Trinajstić information content (AvgIpc) is 2.60. The van der Waals surface area contributed by atoms with Crippen LogP contribution < -0.4 is 10.6 Å². The summed E-state index contributed by atoms with van der Waals surface area (Å²) in [7, 11) is 3.57. The molecule has 1 amide bonds. The molecule has 1 fully saturated rings. The summed E-state index contributed by atoms with van der Waals surface area (Å²) < 4.78 is 0. The van der Waals surface area contributed by atoms with Crippen molar-refractivity contribution in [2.75, 3.05) is 33.7 Å². The van der Waals surface area contributed by atoms with Crippen molar-refractivity contribution in [1.82, 2.24) is 15.5 Å². The van der Waals surface area contributed by atoms with Crippen molar-refractivity contribution >= 4 is 5.91 Å². The van der Waals surface area contributed by atoms with Crippen LogP contribution in [0.3, 0.4) is 0 Å². The van der Waals surface area contributed by atoms with Gasteiger partial charge in [-0.05, 0) is 7.05 Å². The summed E-state index contributed by atoms with van der Waals surface area (Å²) in [5.74, 6) is 0.0392. The van der Waals surface area contributed by atoms with E-state index in [0.717, 1.165) is 6.54 Å². The Morgan fingerprint density at radius 3 is 2.86 bits per heavy atom. The lowest BCUT2D eigenvalue weighted by Crippen LogP contribution is -2.42. The van der Waals surface area contributed by atoms with Gasteiger partial charge in [-0.15, -0.1) is 0 Å². The van der Waals surface area contributed by atoms with E-state index in [-0.39, 0.29) is 18.1 Å². The van der Waals surface area contributed by atoms with Crippen molar-refractivity contribution in [2.45, 2.75) is 18.6 Å². The van der Waals surface area contributed by atoms with Crippen LogP contribution in [0, 0.1) is 0 Å². The fourth-order valence-electron chi connectivity index (χ4n) is 1.67. The first kappa shape index (κ1) is 11.4. The first-order valence-corrected chi connectivity index (χ1v) is 4.94. The Hall–Kier alpha value is -0.650. The van der Waals surface area contributed by atoms with Gasteiger partial charge in [0.2, 0.25) is 5.91 Å². The van der Waals surface area contributed by atoms with Gasteiger partial charge >= 0.3 is 0 Å². The monoisotopic (exact) mass is 201 g/mol. The SMILES string of the molecule is CNC(=O)CCN(C)C1CNCC1O. The van der Waals surface area contributed by atoms with E-state index in [1.807, 2.05) is 11.9 Å². The maximum absolute atomic E-state index is 11.0. The maximum Gasteiger partial charge on any atom is 0.221 e. The van der Waals surface area contributed by atoms with Crippen molar-refractivity contribution in [2.24, 2.45) is 0 Å². The van der Waals surface area contributed by atoms with Crippen molar-refractivity contribution < 1.29 is 9.90 Å². The van der Waals surface area contributed by atoms with Crippen LogP contribution in [0.2, 0.25) is 0 Å². The van der Waals surface area contributed by atoms with Gasteiger partial charge in [-0.3, -0.25) is 9.69 Å². The minimum absolute atomic E-state index is 0.0392. The summed E-state index contributed by atoms with van der Waals surface area (Å²) in [4.78, 5) is 13.0. The number of aliphatic hydroxyl groups is 1. The van der Waals surface area contributed by atoms with Gasteiger partial charge in [0.1, 0.15) is 0 Å².